The minimum atomic E-state index is -4.37. The van der Waals surface area contributed by atoms with E-state index < -0.39 is 66.0 Å². The molecule has 6 atom stereocenters. The van der Waals surface area contributed by atoms with E-state index in [9.17, 15) is 31.2 Å². The fraction of sp³-hybridized carbons (Fsp3) is 0.769. The van der Waals surface area contributed by atoms with Crippen molar-refractivity contribution >= 4 is 66.5 Å². The highest BCUT2D eigenvalue weighted by molar-refractivity contribution is 7.95. The van der Waals surface area contributed by atoms with Crippen LogP contribution in [0.4, 0.5) is 5.82 Å². The third-order valence-electron chi connectivity index (χ3n) is 11.2. The van der Waals surface area contributed by atoms with E-state index in [1.807, 2.05) is 32.6 Å². The Morgan fingerprint density at radius 2 is 1.70 bits per heavy atom. The molecule has 2 aliphatic heterocycles. The van der Waals surface area contributed by atoms with Gasteiger partial charge in [0.1, 0.15) is 26.7 Å². The molecule has 0 bridgehead atoms. The zero-order chi connectivity index (χ0) is 44.7. The SMILES string of the molecule is CCN[C@H]1C[C@H](C)S(=O)(=O)c2sc(S(=O)(=O)NC(C)(CC)C(=O)C(C)C(C)(CC)OC(=O)CCCC(=O)O[C@@H](CNC(C)(C)C)COc3nsnc3N3CCOCC3)cc21. The quantitative estimate of drug-likeness (QED) is 0.138. The van der Waals surface area contributed by atoms with Gasteiger partial charge in [0.25, 0.3) is 15.9 Å². The Morgan fingerprint density at radius 1 is 1.03 bits per heavy atom. The number of hydrogen-bond acceptors (Lipinski definition) is 18. The van der Waals surface area contributed by atoms with E-state index in [4.69, 9.17) is 18.9 Å². The summed E-state index contributed by atoms with van der Waals surface area (Å²) in [6, 6.07) is 1.05. The van der Waals surface area contributed by atoms with Crippen LogP contribution < -0.4 is 25.0 Å². The van der Waals surface area contributed by atoms with Gasteiger partial charge in [-0.3, -0.25) is 14.4 Å². The van der Waals surface area contributed by atoms with Gasteiger partial charge in [-0.2, -0.15) is 9.10 Å². The number of fused-ring (bicyclic) bond motifs is 1. The summed E-state index contributed by atoms with van der Waals surface area (Å²) in [5.74, 6) is -1.62. The molecule has 2 aromatic heterocycles. The number of sulfone groups is 1. The van der Waals surface area contributed by atoms with E-state index in [1.165, 1.54) is 13.0 Å². The van der Waals surface area contributed by atoms with Gasteiger partial charge in [-0.15, -0.1) is 15.7 Å². The fourth-order valence-electron chi connectivity index (χ4n) is 6.93. The average molecular weight is 921 g/mol. The maximum absolute atomic E-state index is 14.2. The van der Waals surface area contributed by atoms with E-state index in [0.29, 0.717) is 74.4 Å². The lowest BCUT2D eigenvalue weighted by Crippen LogP contribution is -2.57. The first kappa shape index (κ1) is 49.9. The van der Waals surface area contributed by atoms with Gasteiger partial charge >= 0.3 is 11.9 Å². The molecule has 0 aromatic carbocycles. The number of carbonyl (C=O) groups is 3. The normalized spacial score (nSPS) is 21.2. The van der Waals surface area contributed by atoms with Crippen LogP contribution in [-0.4, -0.2) is 117 Å². The van der Waals surface area contributed by atoms with Crippen molar-refractivity contribution in [3.8, 4) is 5.88 Å². The van der Waals surface area contributed by atoms with E-state index in [-0.39, 0.29) is 58.7 Å². The third kappa shape index (κ3) is 12.4. The first-order valence-corrected chi connectivity index (χ1v) is 25.2. The Labute approximate surface area is 363 Å². The second-order valence-corrected chi connectivity index (χ2v) is 23.0. The van der Waals surface area contributed by atoms with Crippen molar-refractivity contribution < 1.29 is 50.2 Å². The summed E-state index contributed by atoms with van der Waals surface area (Å²) in [6.45, 7) is 21.0. The summed E-state index contributed by atoms with van der Waals surface area (Å²) < 4.78 is 88.4. The maximum Gasteiger partial charge on any atom is 0.306 e. The number of ether oxygens (including phenoxy) is 4. The number of nitrogens with zero attached hydrogens (tertiary/aromatic N) is 3. The molecule has 1 saturated heterocycles. The molecule has 1 fully saturated rings. The largest absolute Gasteiger partial charge is 0.470 e. The van der Waals surface area contributed by atoms with Crippen LogP contribution in [0.5, 0.6) is 5.88 Å². The molecule has 0 amide bonds. The van der Waals surface area contributed by atoms with E-state index in [2.05, 4.69) is 24.1 Å². The molecule has 0 saturated carbocycles. The molecule has 17 nitrogen and oxygen atoms in total. The summed E-state index contributed by atoms with van der Waals surface area (Å²) in [5.41, 5.74) is -2.79. The van der Waals surface area contributed by atoms with Gasteiger partial charge in [-0.25, -0.2) is 16.8 Å². The lowest BCUT2D eigenvalue weighted by atomic mass is 9.77. The number of Topliss-reactive ketones (excluding diaryl/α,β-unsaturated/α-hetero) is 1. The average Bonchev–Trinajstić information content (AvgIpc) is 3.87. The van der Waals surface area contributed by atoms with Crippen molar-refractivity contribution in [2.24, 2.45) is 5.92 Å². The van der Waals surface area contributed by atoms with Gasteiger partial charge in [-0.05, 0) is 79.8 Å². The van der Waals surface area contributed by atoms with E-state index in [1.54, 1.807) is 34.6 Å². The highest BCUT2D eigenvalue weighted by Gasteiger charge is 2.47. The molecule has 21 heteroatoms. The minimum absolute atomic E-state index is 0.0122. The number of carbonyl (C=O) groups excluding carboxylic acids is 3. The van der Waals surface area contributed by atoms with Crippen LogP contribution in [0.25, 0.3) is 0 Å². The highest BCUT2D eigenvalue weighted by atomic mass is 32.3. The second kappa shape index (κ2) is 20.6. The number of morpholine rings is 1. The number of aromatic nitrogens is 2. The smallest absolute Gasteiger partial charge is 0.306 e. The van der Waals surface area contributed by atoms with Crippen molar-refractivity contribution in [2.45, 2.75) is 150 Å². The van der Waals surface area contributed by atoms with Crippen LogP contribution in [0.2, 0.25) is 0 Å². The Balaban J connectivity index is 1.36. The summed E-state index contributed by atoms with van der Waals surface area (Å²) in [4.78, 5) is 42.5. The van der Waals surface area contributed by atoms with Crippen LogP contribution in [0.1, 0.15) is 119 Å². The first-order valence-electron chi connectivity index (χ1n) is 20.6. The highest BCUT2D eigenvalue weighted by Crippen LogP contribution is 2.43. The van der Waals surface area contributed by atoms with Crippen LogP contribution >= 0.6 is 23.1 Å². The second-order valence-electron chi connectivity index (χ2n) is 16.9. The summed E-state index contributed by atoms with van der Waals surface area (Å²) in [7, 11) is -8.10. The van der Waals surface area contributed by atoms with Crippen molar-refractivity contribution in [1.29, 1.82) is 0 Å². The van der Waals surface area contributed by atoms with Crippen LogP contribution in [-0.2, 0) is 48.5 Å². The van der Waals surface area contributed by atoms with Gasteiger partial charge in [0.15, 0.2) is 15.6 Å². The Bertz CT molecular complexity index is 2010. The van der Waals surface area contributed by atoms with Crippen molar-refractivity contribution in [3.05, 3.63) is 11.6 Å². The zero-order valence-electron chi connectivity index (χ0n) is 36.5. The van der Waals surface area contributed by atoms with Gasteiger partial charge in [0, 0.05) is 49.6 Å². The van der Waals surface area contributed by atoms with Crippen LogP contribution in [0, 0.1) is 5.92 Å². The summed E-state index contributed by atoms with van der Waals surface area (Å²) in [5, 5.41) is 5.90. The van der Waals surface area contributed by atoms with Crippen LogP contribution in [0.15, 0.2) is 14.5 Å². The molecule has 2 aromatic rings. The molecule has 60 heavy (non-hydrogen) atoms. The van der Waals surface area contributed by atoms with Gasteiger partial charge in [0.2, 0.25) is 5.82 Å². The topological polar surface area (TPSA) is 222 Å². The van der Waals surface area contributed by atoms with Crippen LogP contribution in [0.3, 0.4) is 0 Å². The third-order valence-corrected chi connectivity index (χ3v) is 17.7. The molecule has 2 aliphatic rings. The molecule has 0 aliphatic carbocycles. The van der Waals surface area contributed by atoms with Crippen molar-refractivity contribution in [1.82, 2.24) is 24.1 Å². The Kier molecular flexibility index (Phi) is 17.1. The molecule has 0 radical (unpaired) electrons. The number of anilines is 1. The summed E-state index contributed by atoms with van der Waals surface area (Å²) >= 11 is 1.72. The predicted molar refractivity (Wildman–Crippen MR) is 230 cm³/mol. The number of nitrogens with one attached hydrogen (secondary N) is 3. The summed E-state index contributed by atoms with van der Waals surface area (Å²) in [6.07, 6.45) is -0.132. The number of rotatable bonds is 22. The molecular formula is C39H64N6O11S4. The van der Waals surface area contributed by atoms with Crippen molar-refractivity contribution in [3.63, 3.8) is 0 Å². The number of hydrogen-bond donors (Lipinski definition) is 3. The zero-order valence-corrected chi connectivity index (χ0v) is 39.8. The Morgan fingerprint density at radius 3 is 2.32 bits per heavy atom. The van der Waals surface area contributed by atoms with Gasteiger partial charge in [-0.1, -0.05) is 27.7 Å². The molecule has 4 heterocycles. The molecule has 4 rings (SSSR count). The number of thiophene rings is 1. The van der Waals surface area contributed by atoms with Crippen molar-refractivity contribution in [2.75, 3.05) is 50.9 Å². The lowest BCUT2D eigenvalue weighted by Gasteiger charge is -2.38. The van der Waals surface area contributed by atoms with Gasteiger partial charge in [0.05, 0.1) is 41.6 Å². The Hall–Kier alpha value is -2.79. The molecule has 340 valence electrons. The fourth-order valence-corrected chi connectivity index (χ4v) is 12.9. The molecule has 3 N–H and O–H groups in total. The molecule has 0 spiro atoms. The standard InChI is InChI=1S/C39H64N6O11S4/c1-11-38(9,44-60(51,52)32-22-28-29(40-13-3)21-25(4)59(49,50)36(28)57-32)33(48)26(5)39(10,12-2)56-31(47)16-14-15-30(46)55-27(23-41-37(6,7)8)24-54-35-34(42-58-43-35)45-17-19-53-20-18-45/h22,25-27,29,40-41,44H,11-21,23-24H2,1-10H3/t25-,26?,27-,29-,38?,39?/m0/s1. The maximum atomic E-state index is 14.2. The molecular weight excluding hydrogens is 857 g/mol. The van der Waals surface area contributed by atoms with Gasteiger partial charge < -0.3 is 34.5 Å². The lowest BCUT2D eigenvalue weighted by molar-refractivity contribution is -0.167. The number of sulfonamides is 1. The monoisotopic (exact) mass is 920 g/mol. The number of esters is 2. The minimum Gasteiger partial charge on any atom is -0.470 e. The molecule has 3 unspecified atom stereocenters. The number of ketones is 1. The predicted octanol–water partition coefficient (Wildman–Crippen LogP) is 4.57. The van der Waals surface area contributed by atoms with E-state index in [0.717, 1.165) is 11.7 Å². The first-order chi connectivity index (χ1) is 28.0. The van der Waals surface area contributed by atoms with E-state index >= 15 is 0 Å².